The van der Waals surface area contributed by atoms with Crippen molar-refractivity contribution in [2.75, 3.05) is 44.8 Å². The van der Waals surface area contributed by atoms with Gasteiger partial charge in [0.15, 0.2) is 11.6 Å². The molecule has 4 saturated heterocycles. The van der Waals surface area contributed by atoms with E-state index in [9.17, 15) is 18.7 Å². The van der Waals surface area contributed by atoms with Crippen molar-refractivity contribution in [1.82, 2.24) is 29.7 Å². The Morgan fingerprint density at radius 3 is 2.68 bits per heavy atom. The molecule has 0 unspecified atom stereocenters. The number of ether oxygens (including phenoxy) is 2. The van der Waals surface area contributed by atoms with Crippen molar-refractivity contribution in [2.24, 2.45) is 0 Å². The molecule has 0 radical (unpaired) electrons. The average molecular weight is 780 g/mol. The highest BCUT2D eigenvalue weighted by Crippen LogP contribution is 2.43. The highest BCUT2D eigenvalue weighted by molar-refractivity contribution is 6.03. The molecule has 4 aliphatic heterocycles. The van der Waals surface area contributed by atoms with Gasteiger partial charge in [-0.2, -0.15) is 9.97 Å². The van der Waals surface area contributed by atoms with Crippen LogP contribution in [0.5, 0.6) is 17.6 Å². The lowest BCUT2D eigenvalue weighted by molar-refractivity contribution is -0.131. The molecule has 7 heterocycles. The van der Waals surface area contributed by atoms with E-state index in [1.165, 1.54) is 37.6 Å². The maximum Gasteiger partial charge on any atom is 0.319 e. The monoisotopic (exact) mass is 779 g/mol. The normalized spacial score (nSPS) is 23.3. The summed E-state index contributed by atoms with van der Waals surface area (Å²) in [4.78, 5) is 37.1. The molecule has 4 fully saturated rings. The molecule has 4 aliphatic rings. The zero-order valence-corrected chi connectivity index (χ0v) is 30.9. The number of hydrogen-bond acceptors (Lipinski definition) is 10. The van der Waals surface area contributed by atoms with Crippen LogP contribution in [0.25, 0.3) is 39.0 Å². The molecular weight excluding hydrogens is 742 g/mol. The number of aromatic hydroxyl groups is 1. The van der Waals surface area contributed by atoms with Gasteiger partial charge in [-0.25, -0.2) is 22.5 Å². The van der Waals surface area contributed by atoms with Crippen LogP contribution >= 0.6 is 0 Å². The Balaban J connectivity index is 1.10. The Morgan fingerprint density at radius 1 is 1.11 bits per heavy atom. The van der Waals surface area contributed by atoms with Crippen molar-refractivity contribution in [2.45, 2.75) is 55.9 Å². The van der Waals surface area contributed by atoms with E-state index in [1.54, 1.807) is 23.1 Å². The number of carbonyl (C=O) groups is 1. The number of nitrogens with zero attached hydrogens (tertiary/aromatic N) is 7. The first kappa shape index (κ1) is 36.6. The molecule has 2 aromatic carbocycles. The molecule has 0 saturated carbocycles. The molecule has 3 aromatic heterocycles. The van der Waals surface area contributed by atoms with Crippen molar-refractivity contribution >= 4 is 39.5 Å². The number of pyridine rings is 2. The third kappa shape index (κ3) is 6.32. The number of carbonyl (C=O) groups excluding carboxylic acids is 1. The molecule has 292 valence electrons. The van der Waals surface area contributed by atoms with Gasteiger partial charge in [0, 0.05) is 55.3 Å². The van der Waals surface area contributed by atoms with Gasteiger partial charge in [-0.15, -0.1) is 6.42 Å². The lowest BCUT2D eigenvalue weighted by atomic mass is 9.95. The number of alkyl halides is 1. The van der Waals surface area contributed by atoms with Gasteiger partial charge < -0.3 is 24.4 Å². The van der Waals surface area contributed by atoms with E-state index >= 15 is 8.78 Å². The van der Waals surface area contributed by atoms with E-state index in [1.807, 2.05) is 4.90 Å². The number of hydrogen-bond donors (Lipinski definition) is 1. The van der Waals surface area contributed by atoms with Crippen LogP contribution in [-0.4, -0.2) is 104 Å². The van der Waals surface area contributed by atoms with Gasteiger partial charge >= 0.3 is 6.01 Å². The van der Waals surface area contributed by atoms with Gasteiger partial charge in [0.1, 0.15) is 41.4 Å². The number of amides is 1. The van der Waals surface area contributed by atoms with Crippen LogP contribution in [0.2, 0.25) is 0 Å². The maximum atomic E-state index is 17.1. The molecule has 1 N–H and O–H groups in total. The molecule has 0 aliphatic carbocycles. The Labute approximate surface area is 324 Å². The van der Waals surface area contributed by atoms with Crippen molar-refractivity contribution in [3.05, 3.63) is 77.4 Å². The minimum Gasteiger partial charge on any atom is -0.508 e. The van der Waals surface area contributed by atoms with Crippen molar-refractivity contribution in [3.63, 3.8) is 0 Å². The molecule has 0 spiro atoms. The fourth-order valence-corrected chi connectivity index (χ4v) is 9.26. The van der Waals surface area contributed by atoms with E-state index in [0.29, 0.717) is 37.0 Å². The molecule has 15 heteroatoms. The van der Waals surface area contributed by atoms with E-state index in [-0.39, 0.29) is 76.1 Å². The van der Waals surface area contributed by atoms with Crippen LogP contribution in [0.4, 0.5) is 23.4 Å². The van der Waals surface area contributed by atoms with Crippen LogP contribution in [0.1, 0.15) is 43.4 Å². The van der Waals surface area contributed by atoms with E-state index in [4.69, 9.17) is 20.9 Å². The Morgan fingerprint density at radius 2 is 1.91 bits per heavy atom. The zero-order chi connectivity index (χ0) is 39.6. The summed E-state index contributed by atoms with van der Waals surface area (Å²) >= 11 is 0. The average Bonchev–Trinajstić information content (AvgIpc) is 3.82. The van der Waals surface area contributed by atoms with E-state index in [0.717, 1.165) is 25.5 Å². The number of benzene rings is 2. The third-order valence-corrected chi connectivity index (χ3v) is 11.8. The second-order valence-corrected chi connectivity index (χ2v) is 15.1. The number of phenolic OH excluding ortho intramolecular Hbond substituents is 1. The summed E-state index contributed by atoms with van der Waals surface area (Å²) in [6, 6.07) is 9.18. The van der Waals surface area contributed by atoms with Crippen LogP contribution in [0, 0.1) is 24.0 Å². The summed E-state index contributed by atoms with van der Waals surface area (Å²) in [6.07, 6.45) is 10.3. The second-order valence-electron chi connectivity index (χ2n) is 15.1. The third-order valence-electron chi connectivity index (χ3n) is 11.8. The zero-order valence-electron chi connectivity index (χ0n) is 30.9. The summed E-state index contributed by atoms with van der Waals surface area (Å²) in [7, 11) is 1.45. The maximum absolute atomic E-state index is 17.1. The van der Waals surface area contributed by atoms with Gasteiger partial charge in [0.05, 0.1) is 41.4 Å². The highest BCUT2D eigenvalue weighted by Gasteiger charge is 2.50. The predicted octanol–water partition coefficient (Wildman–Crippen LogP) is 6.36. The lowest BCUT2D eigenvalue weighted by Gasteiger charge is -2.41. The summed E-state index contributed by atoms with van der Waals surface area (Å²) < 4.78 is 73.7. The van der Waals surface area contributed by atoms with Crippen LogP contribution in [-0.2, 0) is 4.79 Å². The number of methoxy groups -OCH3 is 1. The van der Waals surface area contributed by atoms with Crippen molar-refractivity contribution < 1.29 is 36.9 Å². The van der Waals surface area contributed by atoms with Crippen LogP contribution < -0.4 is 14.4 Å². The minimum atomic E-state index is -0.996. The predicted molar refractivity (Wildman–Crippen MR) is 204 cm³/mol. The summed E-state index contributed by atoms with van der Waals surface area (Å²) in [5.41, 5.74) is -0.756. The molecule has 1 amide bonds. The number of phenols is 1. The van der Waals surface area contributed by atoms with Crippen molar-refractivity contribution in [3.8, 4) is 41.2 Å². The molecule has 5 aromatic rings. The largest absolute Gasteiger partial charge is 0.508 e. The standard InChI is InChI=1S/C42H37F4N7O4/c1-3-29-32(44)11-8-23-14-28(54)16-30(35(23)29)37-36(46)38-31(18-47-37)39(50-41(49-38)57-22-42-12-5-13-52(42)19-24(43)17-42)51-20-26-9-10-27(21-51)53(26)40(55)33(45)15-25-6-4-7-34(48-25)56-2/h1,4,6-8,11,14-16,18,24,26-27,54H,5,9-10,12-13,17,19-22H2,2H3/b33-15-/t24-,26-,27+,42+/m1/s1. The number of terminal acetylenes is 1. The molecule has 2 bridgehead atoms. The summed E-state index contributed by atoms with van der Waals surface area (Å²) in [6.45, 7) is 1.62. The first-order chi connectivity index (χ1) is 27.6. The quantitative estimate of drug-likeness (QED) is 0.108. The molecule has 11 nitrogen and oxygen atoms in total. The Hall–Kier alpha value is -6.01. The van der Waals surface area contributed by atoms with Gasteiger partial charge in [-0.05, 0) is 61.9 Å². The Bertz CT molecular complexity index is 2520. The van der Waals surface area contributed by atoms with Crippen LogP contribution in [0.15, 0.2) is 54.5 Å². The second kappa shape index (κ2) is 14.2. The number of aromatic nitrogens is 4. The first-order valence-electron chi connectivity index (χ1n) is 18.8. The highest BCUT2D eigenvalue weighted by atomic mass is 19.1. The van der Waals surface area contributed by atoms with E-state index in [2.05, 4.69) is 25.8 Å². The number of rotatable bonds is 8. The summed E-state index contributed by atoms with van der Waals surface area (Å²) in [5, 5.41) is 11.4. The lowest BCUT2D eigenvalue weighted by Crippen LogP contribution is -2.56. The van der Waals surface area contributed by atoms with E-state index < -0.39 is 47.2 Å². The number of fused-ring (bicyclic) bond motifs is 5. The fraction of sp³-hybridized carbons (Fsp3) is 0.357. The molecule has 9 rings (SSSR count). The van der Waals surface area contributed by atoms with Gasteiger partial charge in [-0.3, -0.25) is 14.7 Å². The molecule has 57 heavy (non-hydrogen) atoms. The number of halogens is 4. The SMILES string of the molecule is C#Cc1c(F)ccc2cc(O)cc(-c3ncc4c(N5C[C@H]6CC[C@@H](C5)N6C(=O)/C(F)=C/c5cccc(OC)n5)nc(OC[C@@]56CCCN5C[C@H](F)C6)nc4c3F)c12. The smallest absolute Gasteiger partial charge is 0.319 e. The van der Waals surface area contributed by atoms with Crippen LogP contribution in [0.3, 0.4) is 0 Å². The fourth-order valence-electron chi connectivity index (χ4n) is 9.26. The topological polar surface area (TPSA) is 117 Å². The Kier molecular flexibility index (Phi) is 9.11. The molecule has 4 atom stereocenters. The van der Waals surface area contributed by atoms with Gasteiger partial charge in [0.2, 0.25) is 5.88 Å². The number of anilines is 1. The van der Waals surface area contributed by atoms with Gasteiger partial charge in [-0.1, -0.05) is 18.1 Å². The number of piperazine rings is 1. The minimum absolute atomic E-state index is 0.0595. The first-order valence-corrected chi connectivity index (χ1v) is 18.8. The van der Waals surface area contributed by atoms with Gasteiger partial charge in [0.25, 0.3) is 5.91 Å². The summed E-state index contributed by atoms with van der Waals surface area (Å²) in [5.74, 6) is -0.589. The van der Waals surface area contributed by atoms with Crippen molar-refractivity contribution in [1.29, 1.82) is 0 Å². The molecular formula is C42H37F4N7O4.